The van der Waals surface area contributed by atoms with E-state index < -0.39 is 32.6 Å². The van der Waals surface area contributed by atoms with E-state index in [9.17, 15) is 40.0 Å². The van der Waals surface area contributed by atoms with E-state index in [2.05, 4.69) is 18.4 Å². The average Bonchev–Trinajstić information content (AvgIpc) is 3.30. The number of benzene rings is 3. The molecule has 12 heteroatoms. The number of hydrogen-bond acceptors (Lipinski definition) is 7. The Bertz CT molecular complexity index is 1920. The van der Waals surface area contributed by atoms with Crippen LogP contribution in [0.5, 0.6) is 0 Å². The summed E-state index contributed by atoms with van der Waals surface area (Å²) >= 11 is 0. The summed E-state index contributed by atoms with van der Waals surface area (Å²) in [6.07, 6.45) is 5.63. The zero-order valence-electron chi connectivity index (χ0n) is 26.7. The van der Waals surface area contributed by atoms with Crippen molar-refractivity contribution in [3.63, 3.8) is 0 Å². The first-order chi connectivity index (χ1) is 22.0. The molecule has 12 nitrogen and oxygen atoms in total. The molecule has 0 bridgehead atoms. The van der Waals surface area contributed by atoms with Gasteiger partial charge in [0.1, 0.15) is 7.05 Å². The lowest BCUT2D eigenvalue weighted by Gasteiger charge is -2.27. The number of carboxylic acids is 2. The Kier molecular flexibility index (Phi) is 8.31. The third-order valence-corrected chi connectivity index (χ3v) is 9.00. The topological polar surface area (TPSA) is 167 Å². The third-order valence-electron chi connectivity index (χ3n) is 9.00. The fourth-order valence-electron chi connectivity index (χ4n) is 6.72. The van der Waals surface area contributed by atoms with Crippen LogP contribution < -0.4 is 4.90 Å². The van der Waals surface area contributed by atoms with Gasteiger partial charge in [0, 0.05) is 53.2 Å². The smallest absolute Gasteiger partial charge is 0.307 e. The lowest BCUT2D eigenvalue weighted by Crippen LogP contribution is -2.27. The summed E-state index contributed by atoms with van der Waals surface area (Å²) in [6.45, 7) is 8.26. The Balaban J connectivity index is 1.58. The van der Waals surface area contributed by atoms with Crippen molar-refractivity contribution in [1.82, 2.24) is 0 Å². The molecule has 3 aromatic rings. The second-order valence-electron chi connectivity index (χ2n) is 12.9. The van der Waals surface area contributed by atoms with E-state index in [1.54, 1.807) is 6.07 Å². The summed E-state index contributed by atoms with van der Waals surface area (Å²) < 4.78 is 2.07. The van der Waals surface area contributed by atoms with Crippen LogP contribution in [0.15, 0.2) is 78.5 Å². The maximum Gasteiger partial charge on any atom is 0.307 e. The molecule has 3 aromatic carbocycles. The molecule has 2 N–H and O–H groups in total. The molecule has 0 atom stereocenters. The van der Waals surface area contributed by atoms with Crippen LogP contribution in [0.1, 0.15) is 55.5 Å². The number of carbonyl (C=O) groups is 2. The molecule has 0 radical (unpaired) electrons. The Morgan fingerprint density at radius 2 is 1.36 bits per heavy atom. The second kappa shape index (κ2) is 11.9. The number of allylic oxidation sites excluding steroid dienone is 4. The van der Waals surface area contributed by atoms with Crippen molar-refractivity contribution in [3.8, 4) is 0 Å². The highest BCUT2D eigenvalue weighted by atomic mass is 16.6. The summed E-state index contributed by atoms with van der Waals surface area (Å²) in [6, 6.07) is 14.7. The van der Waals surface area contributed by atoms with Crippen molar-refractivity contribution in [3.05, 3.63) is 127 Å². The molecule has 0 saturated carbocycles. The summed E-state index contributed by atoms with van der Waals surface area (Å²) in [4.78, 5) is 46.7. The number of non-ortho nitro benzene ring substituents is 2. The molecule has 47 heavy (non-hydrogen) atoms. The highest BCUT2D eigenvalue weighted by Gasteiger charge is 2.44. The number of fused-ring (bicyclic) bond motifs is 2. The number of rotatable bonds is 10. The molecule has 2 aliphatic heterocycles. The van der Waals surface area contributed by atoms with Gasteiger partial charge in [0.15, 0.2) is 5.71 Å². The van der Waals surface area contributed by atoms with Crippen molar-refractivity contribution in [2.75, 3.05) is 11.9 Å². The number of aliphatic carboxylic acids is 2. The van der Waals surface area contributed by atoms with Crippen LogP contribution in [-0.2, 0) is 39.8 Å². The molecule has 0 spiro atoms. The quantitative estimate of drug-likeness (QED) is 0.149. The Morgan fingerprint density at radius 3 is 1.91 bits per heavy atom. The third kappa shape index (κ3) is 6.14. The number of carboxylic acid groups (broad SMARTS) is 2. The SMILES string of the molecule is C[N+]1=C(/C=C/C=C2/N(Cc3cc([N+](=O)[O-])cc([N+](=O)[O-])c3)c3ccc(CC(=O)O)cc3C2(C)C)C(C)(C)c2cc(CC(=O)O)ccc21. The zero-order valence-corrected chi connectivity index (χ0v) is 26.7. The molecule has 0 aliphatic carbocycles. The van der Waals surface area contributed by atoms with Crippen LogP contribution >= 0.6 is 0 Å². The number of hydrogen-bond donors (Lipinski definition) is 2. The highest BCUT2D eigenvalue weighted by Crippen LogP contribution is 2.49. The van der Waals surface area contributed by atoms with Crippen molar-refractivity contribution in [1.29, 1.82) is 0 Å². The van der Waals surface area contributed by atoms with Gasteiger partial charge in [0.25, 0.3) is 11.4 Å². The predicted octanol–water partition coefficient (Wildman–Crippen LogP) is 6.20. The van der Waals surface area contributed by atoms with Gasteiger partial charge < -0.3 is 15.1 Å². The van der Waals surface area contributed by atoms with E-state index in [0.29, 0.717) is 11.1 Å². The second-order valence-corrected chi connectivity index (χ2v) is 12.9. The van der Waals surface area contributed by atoms with E-state index in [1.807, 2.05) is 74.4 Å². The minimum Gasteiger partial charge on any atom is -0.481 e. The first kappa shape index (κ1) is 32.7. The van der Waals surface area contributed by atoms with Crippen molar-refractivity contribution in [2.45, 2.75) is 57.9 Å². The van der Waals surface area contributed by atoms with Crippen LogP contribution in [0.4, 0.5) is 22.7 Å². The molecule has 0 saturated heterocycles. The number of nitro groups is 2. The standard InChI is InChI=1S/C35H34N4O8/c1-34(2)26-15-21(17-32(40)41)9-11-28(26)36(5)30(34)7-6-8-31-35(3,4)27-16-22(18-33(42)43)10-12-29(27)37(31)20-23-13-24(38(44)45)19-25(14-23)39(46)47/h6-16,19H,17-18,20H2,1-5H3,(H-,40,41,42,43)/p+1. The summed E-state index contributed by atoms with van der Waals surface area (Å²) in [5.41, 5.74) is 5.29. The lowest BCUT2D eigenvalue weighted by molar-refractivity contribution is -0.401. The molecule has 0 aromatic heterocycles. The molecule has 2 aliphatic rings. The molecule has 2 heterocycles. The van der Waals surface area contributed by atoms with Gasteiger partial charge in [0.2, 0.25) is 5.69 Å². The van der Waals surface area contributed by atoms with E-state index in [-0.39, 0.29) is 30.8 Å². The van der Waals surface area contributed by atoms with E-state index in [1.165, 1.54) is 12.1 Å². The molecular formula is C35H35N4O8+. The maximum atomic E-state index is 11.6. The van der Waals surface area contributed by atoms with Gasteiger partial charge in [-0.3, -0.25) is 29.8 Å². The monoisotopic (exact) mass is 639 g/mol. The summed E-state index contributed by atoms with van der Waals surface area (Å²) in [7, 11) is 1.96. The van der Waals surface area contributed by atoms with Gasteiger partial charge in [-0.25, -0.2) is 0 Å². The Labute approximate surface area is 270 Å². The largest absolute Gasteiger partial charge is 0.481 e. The van der Waals surface area contributed by atoms with E-state index in [0.717, 1.165) is 45.5 Å². The summed E-state index contributed by atoms with van der Waals surface area (Å²) in [5.74, 6) is -1.86. The van der Waals surface area contributed by atoms with Crippen molar-refractivity contribution in [2.24, 2.45) is 0 Å². The van der Waals surface area contributed by atoms with E-state index in [4.69, 9.17) is 0 Å². The minimum absolute atomic E-state index is 0.0717. The normalized spacial score (nSPS) is 16.9. The molecule has 242 valence electrons. The van der Waals surface area contributed by atoms with Gasteiger partial charge in [-0.05, 0) is 54.3 Å². The van der Waals surface area contributed by atoms with Crippen LogP contribution in [0, 0.1) is 20.2 Å². The number of anilines is 1. The Morgan fingerprint density at radius 1 is 0.809 bits per heavy atom. The maximum absolute atomic E-state index is 11.6. The molecule has 0 amide bonds. The fraction of sp³-hybridized carbons (Fsp3) is 0.286. The molecular weight excluding hydrogens is 604 g/mol. The molecule has 0 unspecified atom stereocenters. The van der Waals surface area contributed by atoms with Crippen LogP contribution in [0.2, 0.25) is 0 Å². The summed E-state index contributed by atoms with van der Waals surface area (Å²) in [5, 5.41) is 41.9. The fourth-order valence-corrected chi connectivity index (χ4v) is 6.72. The van der Waals surface area contributed by atoms with Crippen LogP contribution in [0.25, 0.3) is 0 Å². The Hall–Kier alpha value is -5.65. The molecule has 5 rings (SSSR count). The van der Waals surface area contributed by atoms with Gasteiger partial charge >= 0.3 is 11.9 Å². The van der Waals surface area contributed by atoms with Gasteiger partial charge in [-0.1, -0.05) is 38.1 Å². The van der Waals surface area contributed by atoms with Crippen molar-refractivity contribution >= 4 is 40.4 Å². The first-order valence-corrected chi connectivity index (χ1v) is 14.9. The number of nitro benzene ring substituents is 2. The lowest BCUT2D eigenvalue weighted by atomic mass is 9.80. The van der Waals surface area contributed by atoms with Gasteiger partial charge in [-0.15, -0.1) is 0 Å². The molecule has 0 fully saturated rings. The van der Waals surface area contributed by atoms with Crippen LogP contribution in [0.3, 0.4) is 0 Å². The predicted molar refractivity (Wildman–Crippen MR) is 176 cm³/mol. The van der Waals surface area contributed by atoms with Crippen LogP contribution in [-0.4, -0.2) is 49.3 Å². The van der Waals surface area contributed by atoms with E-state index >= 15 is 0 Å². The van der Waals surface area contributed by atoms with Crippen molar-refractivity contribution < 1.29 is 34.2 Å². The number of nitrogens with zero attached hydrogens (tertiary/aromatic N) is 4. The minimum atomic E-state index is -0.961. The van der Waals surface area contributed by atoms with Gasteiger partial charge in [0.05, 0.1) is 34.2 Å². The average molecular weight is 640 g/mol. The first-order valence-electron chi connectivity index (χ1n) is 14.9. The van der Waals surface area contributed by atoms with Gasteiger partial charge in [-0.2, -0.15) is 4.58 Å². The highest BCUT2D eigenvalue weighted by molar-refractivity contribution is 6.03. The zero-order chi connectivity index (χ0) is 34.4.